The van der Waals surface area contributed by atoms with E-state index in [0.717, 1.165) is 17.1 Å². The minimum absolute atomic E-state index is 0.433. The summed E-state index contributed by atoms with van der Waals surface area (Å²) in [6.45, 7) is 0.433. The molecule has 2 heterocycles. The van der Waals surface area contributed by atoms with E-state index in [9.17, 15) is 0 Å². The molecule has 3 rings (SSSR count). The van der Waals surface area contributed by atoms with E-state index in [2.05, 4.69) is 15.3 Å². The number of imidazole rings is 1. The van der Waals surface area contributed by atoms with Crippen molar-refractivity contribution in [3.63, 3.8) is 0 Å². The van der Waals surface area contributed by atoms with Gasteiger partial charge in [0.25, 0.3) is 0 Å². The van der Waals surface area contributed by atoms with E-state index >= 15 is 0 Å². The number of hydrogen-bond donors (Lipinski definition) is 1. The molecule has 0 radical (unpaired) electrons. The molecule has 1 N–H and O–H groups in total. The van der Waals surface area contributed by atoms with Crippen LogP contribution >= 0.6 is 0 Å². The first-order chi connectivity index (χ1) is 9.35. The molecule has 0 aliphatic heterocycles. The van der Waals surface area contributed by atoms with Gasteiger partial charge in [-0.1, -0.05) is 0 Å². The molecule has 3 aromatic rings. The van der Waals surface area contributed by atoms with Crippen LogP contribution in [0.3, 0.4) is 0 Å². The van der Waals surface area contributed by atoms with Gasteiger partial charge in [0, 0.05) is 31.3 Å². The standard InChI is InChI=1S/C14H14N4O/c1-15-11-3-5-13(6-4-11)19-10-12-9-18-8-2-7-16-14(18)17-12/h2-9,15H,10H2,1H3. The lowest BCUT2D eigenvalue weighted by Gasteiger charge is -2.05. The van der Waals surface area contributed by atoms with Gasteiger partial charge in [0.05, 0.1) is 5.69 Å². The van der Waals surface area contributed by atoms with Crippen LogP contribution in [0.25, 0.3) is 5.78 Å². The lowest BCUT2D eigenvalue weighted by molar-refractivity contribution is 0.302. The van der Waals surface area contributed by atoms with E-state index in [1.165, 1.54) is 0 Å². The molecule has 5 heteroatoms. The van der Waals surface area contributed by atoms with E-state index in [1.807, 2.05) is 54.2 Å². The highest BCUT2D eigenvalue weighted by atomic mass is 16.5. The summed E-state index contributed by atoms with van der Waals surface area (Å²) in [5.41, 5.74) is 1.92. The highest BCUT2D eigenvalue weighted by Gasteiger charge is 2.02. The number of hydrogen-bond acceptors (Lipinski definition) is 4. The summed E-state index contributed by atoms with van der Waals surface area (Å²) < 4.78 is 7.57. The maximum absolute atomic E-state index is 5.69. The SMILES string of the molecule is CNc1ccc(OCc2cn3cccnc3n2)cc1. The van der Waals surface area contributed by atoms with Crippen LogP contribution < -0.4 is 10.1 Å². The molecule has 0 saturated heterocycles. The first-order valence-corrected chi connectivity index (χ1v) is 6.04. The topological polar surface area (TPSA) is 51.5 Å². The van der Waals surface area contributed by atoms with Gasteiger partial charge in [0.2, 0.25) is 5.78 Å². The van der Waals surface area contributed by atoms with Crippen LogP contribution in [0.4, 0.5) is 5.69 Å². The molecule has 5 nitrogen and oxygen atoms in total. The second kappa shape index (κ2) is 4.97. The molecule has 0 aliphatic carbocycles. The monoisotopic (exact) mass is 254 g/mol. The Morgan fingerprint density at radius 3 is 2.84 bits per heavy atom. The highest BCUT2D eigenvalue weighted by molar-refractivity contribution is 5.45. The van der Waals surface area contributed by atoms with Gasteiger partial charge in [-0.2, -0.15) is 0 Å². The lowest BCUT2D eigenvalue weighted by atomic mass is 10.3. The maximum Gasteiger partial charge on any atom is 0.234 e. The first-order valence-electron chi connectivity index (χ1n) is 6.04. The van der Waals surface area contributed by atoms with Gasteiger partial charge < -0.3 is 10.1 Å². The zero-order valence-electron chi connectivity index (χ0n) is 10.6. The molecule has 0 unspecified atom stereocenters. The molecular formula is C14H14N4O. The average molecular weight is 254 g/mol. The van der Waals surface area contributed by atoms with Crippen molar-refractivity contribution >= 4 is 11.5 Å². The average Bonchev–Trinajstić information content (AvgIpc) is 2.88. The van der Waals surface area contributed by atoms with Gasteiger partial charge in [0.15, 0.2) is 0 Å². The summed E-state index contributed by atoms with van der Waals surface area (Å²) >= 11 is 0. The number of nitrogens with one attached hydrogen (secondary N) is 1. The van der Waals surface area contributed by atoms with E-state index in [1.54, 1.807) is 6.20 Å². The summed E-state index contributed by atoms with van der Waals surface area (Å²) in [6, 6.07) is 9.68. The van der Waals surface area contributed by atoms with Crippen molar-refractivity contribution in [2.75, 3.05) is 12.4 Å². The number of ether oxygens (including phenoxy) is 1. The van der Waals surface area contributed by atoms with Gasteiger partial charge in [-0.25, -0.2) is 9.97 Å². The molecule has 0 amide bonds. The third kappa shape index (κ3) is 2.49. The Kier molecular flexibility index (Phi) is 3.02. The molecule has 1 aromatic carbocycles. The van der Waals surface area contributed by atoms with Gasteiger partial charge in [0.1, 0.15) is 12.4 Å². The Balaban J connectivity index is 1.70. The van der Waals surface area contributed by atoms with Gasteiger partial charge in [-0.3, -0.25) is 4.40 Å². The Bertz CT molecular complexity index is 642. The summed E-state index contributed by atoms with van der Waals surface area (Å²) in [7, 11) is 1.89. The Morgan fingerprint density at radius 2 is 2.11 bits per heavy atom. The zero-order valence-corrected chi connectivity index (χ0v) is 10.6. The summed E-state index contributed by atoms with van der Waals surface area (Å²) in [6.07, 6.45) is 5.56. The Hall–Kier alpha value is -2.56. The third-order valence-electron chi connectivity index (χ3n) is 2.82. The van der Waals surface area contributed by atoms with Gasteiger partial charge in [-0.15, -0.1) is 0 Å². The van der Waals surface area contributed by atoms with Crippen LogP contribution in [-0.4, -0.2) is 21.4 Å². The fourth-order valence-corrected chi connectivity index (χ4v) is 1.82. The van der Waals surface area contributed by atoms with Crippen LogP contribution in [0.15, 0.2) is 48.9 Å². The maximum atomic E-state index is 5.69. The number of anilines is 1. The largest absolute Gasteiger partial charge is 0.487 e. The van der Waals surface area contributed by atoms with Crippen molar-refractivity contribution in [1.29, 1.82) is 0 Å². The summed E-state index contributed by atoms with van der Waals surface area (Å²) in [5.74, 6) is 1.51. The van der Waals surface area contributed by atoms with Gasteiger partial charge >= 0.3 is 0 Å². The molecule has 2 aromatic heterocycles. The number of benzene rings is 1. The van der Waals surface area contributed by atoms with Crippen LogP contribution in [0.1, 0.15) is 5.69 Å². The Morgan fingerprint density at radius 1 is 1.26 bits per heavy atom. The van der Waals surface area contributed by atoms with Crippen molar-refractivity contribution in [3.05, 3.63) is 54.6 Å². The number of aromatic nitrogens is 3. The molecule has 0 bridgehead atoms. The predicted molar refractivity (Wildman–Crippen MR) is 73.3 cm³/mol. The van der Waals surface area contributed by atoms with E-state index in [-0.39, 0.29) is 0 Å². The molecule has 0 spiro atoms. The first kappa shape index (κ1) is 11.5. The number of rotatable bonds is 4. The zero-order chi connectivity index (χ0) is 13.1. The number of fused-ring (bicyclic) bond motifs is 1. The molecule has 0 saturated carbocycles. The Labute approximate surface area is 110 Å². The van der Waals surface area contributed by atoms with E-state index in [4.69, 9.17) is 4.74 Å². The smallest absolute Gasteiger partial charge is 0.234 e. The summed E-state index contributed by atoms with van der Waals surface area (Å²) in [4.78, 5) is 8.54. The van der Waals surface area contributed by atoms with Crippen LogP contribution in [0.5, 0.6) is 5.75 Å². The third-order valence-corrected chi connectivity index (χ3v) is 2.82. The van der Waals surface area contributed by atoms with Crippen molar-refractivity contribution in [3.8, 4) is 5.75 Å². The normalized spacial score (nSPS) is 10.6. The van der Waals surface area contributed by atoms with Crippen molar-refractivity contribution < 1.29 is 4.74 Å². The summed E-state index contributed by atoms with van der Waals surface area (Å²) in [5, 5.41) is 3.07. The van der Waals surface area contributed by atoms with Crippen LogP contribution in [-0.2, 0) is 6.61 Å². The molecule has 0 fully saturated rings. The molecule has 19 heavy (non-hydrogen) atoms. The molecule has 0 aliphatic rings. The minimum Gasteiger partial charge on any atom is -0.487 e. The molecular weight excluding hydrogens is 240 g/mol. The highest BCUT2D eigenvalue weighted by Crippen LogP contribution is 2.16. The predicted octanol–water partition coefficient (Wildman–Crippen LogP) is 2.35. The van der Waals surface area contributed by atoms with E-state index in [0.29, 0.717) is 12.4 Å². The lowest BCUT2D eigenvalue weighted by Crippen LogP contribution is -1.96. The molecule has 0 atom stereocenters. The second-order valence-electron chi connectivity index (χ2n) is 4.12. The second-order valence-corrected chi connectivity index (χ2v) is 4.12. The number of nitrogens with zero attached hydrogens (tertiary/aromatic N) is 3. The fourth-order valence-electron chi connectivity index (χ4n) is 1.82. The van der Waals surface area contributed by atoms with Crippen LogP contribution in [0, 0.1) is 0 Å². The van der Waals surface area contributed by atoms with Gasteiger partial charge in [-0.05, 0) is 30.3 Å². The minimum atomic E-state index is 0.433. The van der Waals surface area contributed by atoms with Crippen LogP contribution in [0.2, 0.25) is 0 Å². The fraction of sp³-hybridized carbons (Fsp3) is 0.143. The molecule has 96 valence electrons. The van der Waals surface area contributed by atoms with Crippen molar-refractivity contribution in [2.24, 2.45) is 0 Å². The van der Waals surface area contributed by atoms with E-state index < -0.39 is 0 Å². The van der Waals surface area contributed by atoms with Crippen molar-refractivity contribution in [1.82, 2.24) is 14.4 Å². The quantitative estimate of drug-likeness (QED) is 0.776. The van der Waals surface area contributed by atoms with Crippen molar-refractivity contribution in [2.45, 2.75) is 6.61 Å².